The van der Waals surface area contributed by atoms with Crippen molar-refractivity contribution in [1.29, 1.82) is 0 Å². The summed E-state index contributed by atoms with van der Waals surface area (Å²) in [5, 5.41) is 3.45. The molecule has 0 saturated carbocycles. The summed E-state index contributed by atoms with van der Waals surface area (Å²) in [4.78, 5) is 33.2. The van der Waals surface area contributed by atoms with Gasteiger partial charge in [0.1, 0.15) is 0 Å². The summed E-state index contributed by atoms with van der Waals surface area (Å²) in [6, 6.07) is 12.5. The highest BCUT2D eigenvalue weighted by atomic mass is 32.1. The maximum atomic E-state index is 12.8. The third-order valence-corrected chi connectivity index (χ3v) is 7.13. The molecule has 7 heteroatoms. The van der Waals surface area contributed by atoms with Gasteiger partial charge in [0.15, 0.2) is 5.13 Å². The van der Waals surface area contributed by atoms with E-state index in [1.807, 2.05) is 24.0 Å². The molecule has 3 aromatic rings. The van der Waals surface area contributed by atoms with Crippen LogP contribution in [0.2, 0.25) is 0 Å². The topological polar surface area (TPSA) is 65.5 Å². The third-order valence-electron chi connectivity index (χ3n) is 6.20. The number of carbonyl (C=O) groups is 2. The van der Waals surface area contributed by atoms with E-state index in [2.05, 4.69) is 53.3 Å². The van der Waals surface area contributed by atoms with Gasteiger partial charge in [0.25, 0.3) is 0 Å². The molecule has 168 valence electrons. The molecule has 0 atom stereocenters. The van der Waals surface area contributed by atoms with Gasteiger partial charge in [0, 0.05) is 44.7 Å². The molecule has 32 heavy (non-hydrogen) atoms. The summed E-state index contributed by atoms with van der Waals surface area (Å²) in [5.74, 6) is 0.179. The first-order valence-electron chi connectivity index (χ1n) is 11.2. The largest absolute Gasteiger partial charge is 0.368 e. The minimum atomic E-state index is -0.0347. The van der Waals surface area contributed by atoms with E-state index in [4.69, 9.17) is 0 Å². The number of amides is 2. The molecule has 0 bridgehead atoms. The SMILES string of the molecule is CCC(=O)Nc1nc2ccc(CCC(=O)N3CCN(c4cccc(C)c4C)CC3)cc2s1. The van der Waals surface area contributed by atoms with Crippen LogP contribution in [0.1, 0.15) is 36.5 Å². The second-order valence-corrected chi connectivity index (χ2v) is 9.34. The molecule has 4 rings (SSSR count). The van der Waals surface area contributed by atoms with Crippen LogP contribution < -0.4 is 10.2 Å². The molecule has 2 heterocycles. The molecule has 1 saturated heterocycles. The summed E-state index contributed by atoms with van der Waals surface area (Å²) in [5.41, 5.74) is 5.90. The minimum Gasteiger partial charge on any atom is -0.368 e. The predicted octanol–water partition coefficient (Wildman–Crippen LogP) is 4.54. The highest BCUT2D eigenvalue weighted by Crippen LogP contribution is 2.28. The summed E-state index contributed by atoms with van der Waals surface area (Å²) >= 11 is 1.47. The molecule has 0 aliphatic carbocycles. The molecular formula is C25H30N4O2S. The normalized spacial score (nSPS) is 14.1. The molecule has 1 fully saturated rings. The third kappa shape index (κ3) is 4.93. The van der Waals surface area contributed by atoms with Crippen molar-refractivity contribution in [2.24, 2.45) is 0 Å². The number of fused-ring (bicyclic) bond motifs is 1. The van der Waals surface area contributed by atoms with Crippen LogP contribution in [0.15, 0.2) is 36.4 Å². The van der Waals surface area contributed by atoms with Crippen molar-refractivity contribution in [3.8, 4) is 0 Å². The maximum Gasteiger partial charge on any atom is 0.225 e. The Hall–Kier alpha value is -2.93. The number of thiazole rings is 1. The molecule has 1 aromatic heterocycles. The first kappa shape index (κ1) is 22.3. The van der Waals surface area contributed by atoms with Gasteiger partial charge in [0.05, 0.1) is 10.2 Å². The molecule has 0 spiro atoms. The number of anilines is 2. The van der Waals surface area contributed by atoms with Crippen LogP contribution in [-0.4, -0.2) is 47.9 Å². The van der Waals surface area contributed by atoms with Crippen molar-refractivity contribution in [2.45, 2.75) is 40.0 Å². The van der Waals surface area contributed by atoms with Crippen molar-refractivity contribution >= 4 is 44.2 Å². The van der Waals surface area contributed by atoms with Gasteiger partial charge in [-0.1, -0.05) is 36.5 Å². The number of benzene rings is 2. The van der Waals surface area contributed by atoms with Crippen LogP contribution in [0, 0.1) is 13.8 Å². The second kappa shape index (κ2) is 9.69. The smallest absolute Gasteiger partial charge is 0.225 e. The van der Waals surface area contributed by atoms with Gasteiger partial charge in [-0.25, -0.2) is 4.98 Å². The molecule has 6 nitrogen and oxygen atoms in total. The number of aromatic nitrogens is 1. The number of nitrogens with one attached hydrogen (secondary N) is 1. The molecule has 0 unspecified atom stereocenters. The molecule has 0 radical (unpaired) electrons. The summed E-state index contributed by atoms with van der Waals surface area (Å²) in [7, 11) is 0. The zero-order valence-electron chi connectivity index (χ0n) is 19.0. The fourth-order valence-corrected chi connectivity index (χ4v) is 5.02. The summed E-state index contributed by atoms with van der Waals surface area (Å²) in [6.45, 7) is 9.40. The van der Waals surface area contributed by atoms with Crippen LogP contribution in [0.4, 0.5) is 10.8 Å². The Morgan fingerprint density at radius 2 is 1.88 bits per heavy atom. The van der Waals surface area contributed by atoms with Crippen molar-refractivity contribution < 1.29 is 9.59 Å². The molecular weight excluding hydrogens is 420 g/mol. The van der Waals surface area contributed by atoms with Gasteiger partial charge in [-0.05, 0) is 55.2 Å². The van der Waals surface area contributed by atoms with Gasteiger partial charge in [-0.3, -0.25) is 9.59 Å². The van der Waals surface area contributed by atoms with E-state index in [0.717, 1.165) is 42.0 Å². The Kier molecular flexibility index (Phi) is 6.74. The van der Waals surface area contributed by atoms with Gasteiger partial charge in [-0.2, -0.15) is 0 Å². The minimum absolute atomic E-state index is 0.0347. The van der Waals surface area contributed by atoms with E-state index in [0.29, 0.717) is 24.4 Å². The van der Waals surface area contributed by atoms with E-state index in [-0.39, 0.29) is 11.8 Å². The Morgan fingerprint density at radius 1 is 1.09 bits per heavy atom. The Bertz CT molecular complexity index is 1130. The molecule has 1 aliphatic rings. The van der Waals surface area contributed by atoms with E-state index in [1.54, 1.807) is 0 Å². The predicted molar refractivity (Wildman–Crippen MR) is 132 cm³/mol. The number of rotatable bonds is 6. The van der Waals surface area contributed by atoms with Crippen molar-refractivity contribution in [1.82, 2.24) is 9.88 Å². The molecule has 1 N–H and O–H groups in total. The lowest BCUT2D eigenvalue weighted by Crippen LogP contribution is -2.49. The monoisotopic (exact) mass is 450 g/mol. The van der Waals surface area contributed by atoms with Crippen LogP contribution in [0.5, 0.6) is 0 Å². The Morgan fingerprint density at radius 3 is 2.62 bits per heavy atom. The summed E-state index contributed by atoms with van der Waals surface area (Å²) in [6.07, 6.45) is 1.65. The number of piperazine rings is 1. The average molecular weight is 451 g/mol. The number of hydrogen-bond donors (Lipinski definition) is 1. The highest BCUT2D eigenvalue weighted by Gasteiger charge is 2.22. The van der Waals surface area contributed by atoms with Gasteiger partial charge in [-0.15, -0.1) is 0 Å². The van der Waals surface area contributed by atoms with E-state index >= 15 is 0 Å². The first-order valence-corrected chi connectivity index (χ1v) is 12.0. The molecule has 1 aliphatic heterocycles. The van der Waals surface area contributed by atoms with E-state index in [9.17, 15) is 9.59 Å². The van der Waals surface area contributed by atoms with Crippen molar-refractivity contribution in [3.63, 3.8) is 0 Å². The van der Waals surface area contributed by atoms with Crippen molar-refractivity contribution in [2.75, 3.05) is 36.4 Å². The van der Waals surface area contributed by atoms with E-state index < -0.39 is 0 Å². The molecule has 2 amide bonds. The van der Waals surface area contributed by atoms with Crippen molar-refractivity contribution in [3.05, 3.63) is 53.1 Å². The second-order valence-electron chi connectivity index (χ2n) is 8.31. The van der Waals surface area contributed by atoms with Gasteiger partial charge < -0.3 is 15.1 Å². The quantitative estimate of drug-likeness (QED) is 0.599. The Balaban J connectivity index is 1.31. The summed E-state index contributed by atoms with van der Waals surface area (Å²) < 4.78 is 1.03. The van der Waals surface area contributed by atoms with Crippen LogP contribution >= 0.6 is 11.3 Å². The van der Waals surface area contributed by atoms with Crippen LogP contribution in [0.25, 0.3) is 10.2 Å². The molecule has 2 aromatic carbocycles. The van der Waals surface area contributed by atoms with E-state index in [1.165, 1.54) is 28.2 Å². The first-order chi connectivity index (χ1) is 15.4. The lowest BCUT2D eigenvalue weighted by molar-refractivity contribution is -0.131. The standard InChI is InChI=1S/C25H30N4O2S/c1-4-23(30)27-25-26-20-10-8-19(16-22(20)32-25)9-11-24(31)29-14-12-28(13-15-29)21-7-5-6-17(2)18(21)3/h5-8,10,16H,4,9,11-15H2,1-3H3,(H,26,27,30). The Labute approximate surface area is 193 Å². The highest BCUT2D eigenvalue weighted by molar-refractivity contribution is 7.22. The number of aryl methyl sites for hydroxylation is 2. The average Bonchev–Trinajstić information content (AvgIpc) is 3.20. The number of hydrogen-bond acceptors (Lipinski definition) is 5. The van der Waals surface area contributed by atoms with Gasteiger partial charge >= 0.3 is 0 Å². The fourth-order valence-electron chi connectivity index (χ4n) is 4.07. The fraction of sp³-hybridized carbons (Fsp3) is 0.400. The van der Waals surface area contributed by atoms with Gasteiger partial charge in [0.2, 0.25) is 11.8 Å². The number of carbonyl (C=O) groups excluding carboxylic acids is 2. The maximum absolute atomic E-state index is 12.8. The lowest BCUT2D eigenvalue weighted by atomic mass is 10.1. The van der Waals surface area contributed by atoms with Crippen LogP contribution in [-0.2, 0) is 16.0 Å². The lowest BCUT2D eigenvalue weighted by Gasteiger charge is -2.37. The number of nitrogens with zero attached hydrogens (tertiary/aromatic N) is 3. The zero-order chi connectivity index (χ0) is 22.7. The zero-order valence-corrected chi connectivity index (χ0v) is 19.8. The van der Waals surface area contributed by atoms with Crippen LogP contribution in [0.3, 0.4) is 0 Å².